The molecule has 136 valence electrons. The van der Waals surface area contributed by atoms with Crippen molar-refractivity contribution < 1.29 is 9.53 Å². The standard InChI is InChI=1S/C18H22N6O2/c25-18(23-9-3-4-10-23)24-11-12-26-13-14(24)17-20-8-6-16(22-17)21-15-5-1-2-7-19-15/h1-2,5-8,14H,3-4,9-13H2,(H,19,20,21,22)/t14-/m1/s1. The Balaban J connectivity index is 1.54. The van der Waals surface area contributed by atoms with Crippen LogP contribution in [0.5, 0.6) is 0 Å². The van der Waals surface area contributed by atoms with Crippen molar-refractivity contribution in [1.29, 1.82) is 0 Å². The molecule has 0 unspecified atom stereocenters. The van der Waals surface area contributed by atoms with E-state index in [4.69, 9.17) is 4.74 Å². The maximum absolute atomic E-state index is 12.9. The largest absolute Gasteiger partial charge is 0.377 e. The van der Waals surface area contributed by atoms with Crippen LogP contribution in [-0.2, 0) is 4.74 Å². The van der Waals surface area contributed by atoms with Gasteiger partial charge in [0.05, 0.1) is 13.2 Å². The van der Waals surface area contributed by atoms with Gasteiger partial charge >= 0.3 is 6.03 Å². The van der Waals surface area contributed by atoms with Gasteiger partial charge in [-0.3, -0.25) is 0 Å². The number of hydrogen-bond donors (Lipinski definition) is 1. The smallest absolute Gasteiger partial charge is 0.320 e. The quantitative estimate of drug-likeness (QED) is 0.910. The number of rotatable bonds is 3. The van der Waals surface area contributed by atoms with Crippen LogP contribution in [0, 0.1) is 0 Å². The summed E-state index contributed by atoms with van der Waals surface area (Å²) in [5.41, 5.74) is 0. The number of anilines is 2. The summed E-state index contributed by atoms with van der Waals surface area (Å²) in [5, 5.41) is 3.17. The van der Waals surface area contributed by atoms with Crippen molar-refractivity contribution in [1.82, 2.24) is 24.8 Å². The minimum Gasteiger partial charge on any atom is -0.377 e. The summed E-state index contributed by atoms with van der Waals surface area (Å²) in [6.07, 6.45) is 5.55. The molecule has 2 aromatic heterocycles. The van der Waals surface area contributed by atoms with E-state index in [1.807, 2.05) is 28.0 Å². The van der Waals surface area contributed by atoms with Gasteiger partial charge in [-0.2, -0.15) is 0 Å². The van der Waals surface area contributed by atoms with Crippen LogP contribution < -0.4 is 5.32 Å². The molecule has 4 heterocycles. The average Bonchev–Trinajstić information content (AvgIpc) is 3.23. The van der Waals surface area contributed by atoms with Crippen LogP contribution in [0.15, 0.2) is 36.7 Å². The lowest BCUT2D eigenvalue weighted by Gasteiger charge is -2.37. The summed E-state index contributed by atoms with van der Waals surface area (Å²) < 4.78 is 5.61. The van der Waals surface area contributed by atoms with Gasteiger partial charge in [-0.15, -0.1) is 0 Å². The van der Waals surface area contributed by atoms with E-state index in [2.05, 4.69) is 20.3 Å². The Kier molecular flexibility index (Phi) is 4.92. The van der Waals surface area contributed by atoms with Gasteiger partial charge in [-0.25, -0.2) is 19.7 Å². The molecule has 1 atom stereocenters. The predicted molar refractivity (Wildman–Crippen MR) is 96.0 cm³/mol. The second kappa shape index (κ2) is 7.65. The number of carbonyl (C=O) groups is 1. The van der Waals surface area contributed by atoms with Gasteiger partial charge in [0.25, 0.3) is 0 Å². The monoisotopic (exact) mass is 354 g/mol. The maximum atomic E-state index is 12.9. The topological polar surface area (TPSA) is 83.5 Å². The average molecular weight is 354 g/mol. The number of hydrogen-bond acceptors (Lipinski definition) is 6. The number of amides is 2. The SMILES string of the molecule is O=C(N1CCCC1)N1CCOC[C@@H]1c1nccc(Nc2ccccn2)n1. The van der Waals surface area contributed by atoms with Crippen LogP contribution in [-0.4, -0.2) is 63.6 Å². The van der Waals surface area contributed by atoms with Crippen LogP contribution in [0.25, 0.3) is 0 Å². The Bertz CT molecular complexity index is 750. The van der Waals surface area contributed by atoms with Crippen LogP contribution in [0.1, 0.15) is 24.7 Å². The van der Waals surface area contributed by atoms with Crippen molar-refractivity contribution in [3.63, 3.8) is 0 Å². The molecular formula is C18H22N6O2. The first-order chi connectivity index (χ1) is 12.8. The first kappa shape index (κ1) is 16.7. The second-order valence-corrected chi connectivity index (χ2v) is 6.40. The van der Waals surface area contributed by atoms with E-state index in [1.54, 1.807) is 18.5 Å². The fraction of sp³-hybridized carbons (Fsp3) is 0.444. The Labute approximate surface area is 152 Å². The van der Waals surface area contributed by atoms with Crippen molar-refractivity contribution in [3.8, 4) is 0 Å². The zero-order valence-electron chi connectivity index (χ0n) is 14.5. The first-order valence-electron chi connectivity index (χ1n) is 8.95. The van der Waals surface area contributed by atoms with Crippen LogP contribution in [0.2, 0.25) is 0 Å². The lowest BCUT2D eigenvalue weighted by Crippen LogP contribution is -2.49. The number of ether oxygens (including phenoxy) is 1. The highest BCUT2D eigenvalue weighted by Gasteiger charge is 2.34. The molecule has 8 heteroatoms. The zero-order valence-corrected chi connectivity index (χ0v) is 14.5. The minimum atomic E-state index is -0.276. The highest BCUT2D eigenvalue weighted by molar-refractivity contribution is 5.75. The third kappa shape index (κ3) is 3.60. The van der Waals surface area contributed by atoms with Crippen molar-refractivity contribution in [2.75, 3.05) is 38.2 Å². The fourth-order valence-corrected chi connectivity index (χ4v) is 3.31. The van der Waals surface area contributed by atoms with E-state index < -0.39 is 0 Å². The molecule has 0 spiro atoms. The Morgan fingerprint density at radius 1 is 1.08 bits per heavy atom. The van der Waals surface area contributed by atoms with Crippen molar-refractivity contribution >= 4 is 17.7 Å². The molecule has 8 nitrogen and oxygen atoms in total. The summed E-state index contributed by atoms with van der Waals surface area (Å²) >= 11 is 0. The number of urea groups is 1. The highest BCUT2D eigenvalue weighted by atomic mass is 16.5. The molecule has 0 saturated carbocycles. The predicted octanol–water partition coefficient (Wildman–Crippen LogP) is 2.20. The van der Waals surface area contributed by atoms with Gasteiger partial charge in [0.2, 0.25) is 0 Å². The van der Waals surface area contributed by atoms with Gasteiger partial charge in [0.15, 0.2) is 5.82 Å². The molecule has 26 heavy (non-hydrogen) atoms. The molecule has 0 bridgehead atoms. The van der Waals surface area contributed by atoms with Crippen LogP contribution >= 0.6 is 0 Å². The number of morpholine rings is 1. The maximum Gasteiger partial charge on any atom is 0.320 e. The van der Waals surface area contributed by atoms with Crippen molar-refractivity contribution in [3.05, 3.63) is 42.5 Å². The van der Waals surface area contributed by atoms with Gasteiger partial charge < -0.3 is 19.9 Å². The molecule has 1 N–H and O–H groups in total. The van der Waals surface area contributed by atoms with Crippen molar-refractivity contribution in [2.24, 2.45) is 0 Å². The van der Waals surface area contributed by atoms with Gasteiger partial charge in [-0.05, 0) is 31.0 Å². The molecule has 2 aliphatic rings. The van der Waals surface area contributed by atoms with Gasteiger partial charge in [-0.1, -0.05) is 6.07 Å². The molecule has 2 aromatic rings. The molecule has 4 rings (SSSR count). The summed E-state index contributed by atoms with van der Waals surface area (Å²) in [5.74, 6) is 1.94. The lowest BCUT2D eigenvalue weighted by atomic mass is 10.2. The third-order valence-corrected chi connectivity index (χ3v) is 4.64. The number of nitrogens with zero attached hydrogens (tertiary/aromatic N) is 5. The van der Waals surface area contributed by atoms with E-state index in [9.17, 15) is 4.79 Å². The molecule has 0 radical (unpaired) electrons. The van der Waals surface area contributed by atoms with Crippen molar-refractivity contribution in [2.45, 2.75) is 18.9 Å². The van der Waals surface area contributed by atoms with E-state index in [0.29, 0.717) is 37.2 Å². The second-order valence-electron chi connectivity index (χ2n) is 6.40. The Morgan fingerprint density at radius 2 is 1.96 bits per heavy atom. The number of nitrogens with one attached hydrogen (secondary N) is 1. The minimum absolute atomic E-state index is 0.0579. The van der Waals surface area contributed by atoms with Crippen LogP contribution in [0.4, 0.5) is 16.4 Å². The molecule has 2 amide bonds. The molecule has 0 aliphatic carbocycles. The summed E-state index contributed by atoms with van der Waals surface area (Å²) in [6.45, 7) is 3.16. The summed E-state index contributed by atoms with van der Waals surface area (Å²) in [4.78, 5) is 29.9. The molecule has 2 aliphatic heterocycles. The molecular weight excluding hydrogens is 332 g/mol. The first-order valence-corrected chi connectivity index (χ1v) is 8.95. The zero-order chi connectivity index (χ0) is 17.8. The Morgan fingerprint density at radius 3 is 2.77 bits per heavy atom. The lowest BCUT2D eigenvalue weighted by molar-refractivity contribution is 0.00163. The highest BCUT2D eigenvalue weighted by Crippen LogP contribution is 2.25. The van der Waals surface area contributed by atoms with E-state index in [-0.39, 0.29) is 12.1 Å². The molecule has 2 saturated heterocycles. The normalized spacial score (nSPS) is 20.2. The summed E-state index contributed by atoms with van der Waals surface area (Å²) in [6, 6.07) is 7.20. The van der Waals surface area contributed by atoms with E-state index in [1.165, 1.54) is 0 Å². The Hall–Kier alpha value is -2.74. The van der Waals surface area contributed by atoms with Gasteiger partial charge in [0, 0.05) is 32.0 Å². The molecule has 0 aromatic carbocycles. The third-order valence-electron chi connectivity index (χ3n) is 4.64. The number of likely N-dealkylation sites (tertiary alicyclic amines) is 1. The van der Waals surface area contributed by atoms with Gasteiger partial charge in [0.1, 0.15) is 17.7 Å². The molecule has 2 fully saturated rings. The fourth-order valence-electron chi connectivity index (χ4n) is 3.31. The number of carbonyl (C=O) groups excluding carboxylic acids is 1. The number of pyridine rings is 1. The van der Waals surface area contributed by atoms with Crippen LogP contribution in [0.3, 0.4) is 0 Å². The van der Waals surface area contributed by atoms with E-state index in [0.717, 1.165) is 25.9 Å². The summed E-state index contributed by atoms with van der Waals surface area (Å²) in [7, 11) is 0. The van der Waals surface area contributed by atoms with E-state index >= 15 is 0 Å². The number of aromatic nitrogens is 3.